The number of rotatable bonds is 9. The minimum absolute atomic E-state index is 0.198. The maximum absolute atomic E-state index is 7.25. The van der Waals surface area contributed by atoms with Crippen molar-refractivity contribution in [2.75, 3.05) is 7.05 Å². The van der Waals surface area contributed by atoms with E-state index in [9.17, 15) is 0 Å². The van der Waals surface area contributed by atoms with Crippen LogP contribution >= 0.6 is 0 Å². The molecule has 4 N–H and O–H groups in total. The van der Waals surface area contributed by atoms with E-state index in [0.29, 0.717) is 6.42 Å². The van der Waals surface area contributed by atoms with Gasteiger partial charge in [-0.1, -0.05) is 195 Å². The van der Waals surface area contributed by atoms with Gasteiger partial charge in [0.05, 0.1) is 11.1 Å². The fraction of sp³-hybridized carbons (Fsp3) is 0.100. The van der Waals surface area contributed by atoms with Gasteiger partial charge in [-0.3, -0.25) is 4.99 Å². The molecule has 2 unspecified atom stereocenters. The molecular formula is C50H49N3. The summed E-state index contributed by atoms with van der Waals surface area (Å²) in [6, 6.07) is 37.9. The second-order valence-corrected chi connectivity index (χ2v) is 12.5. The zero-order chi connectivity index (χ0) is 37.3. The Morgan fingerprint density at radius 1 is 0.736 bits per heavy atom. The van der Waals surface area contributed by atoms with Crippen LogP contribution in [0.1, 0.15) is 36.0 Å². The molecule has 0 aromatic heterocycles. The summed E-state index contributed by atoms with van der Waals surface area (Å²) in [6.45, 7) is 6.85. The van der Waals surface area contributed by atoms with E-state index in [4.69, 9.17) is 17.3 Å². The van der Waals surface area contributed by atoms with Crippen molar-refractivity contribution in [3.05, 3.63) is 244 Å². The summed E-state index contributed by atoms with van der Waals surface area (Å²) in [6.07, 6.45) is 34.2. The molecule has 264 valence electrons. The van der Waals surface area contributed by atoms with Gasteiger partial charge in [0, 0.05) is 24.3 Å². The van der Waals surface area contributed by atoms with Crippen molar-refractivity contribution < 1.29 is 0 Å². The van der Waals surface area contributed by atoms with Gasteiger partial charge in [-0.25, -0.2) is 0 Å². The lowest BCUT2D eigenvalue weighted by atomic mass is 9.63. The molecule has 4 aromatic carbocycles. The van der Waals surface area contributed by atoms with Crippen molar-refractivity contribution in [2.24, 2.45) is 16.5 Å². The molecule has 0 aliphatic heterocycles. The van der Waals surface area contributed by atoms with E-state index in [1.165, 1.54) is 12.6 Å². The molecule has 0 amide bonds. The molecule has 0 bridgehead atoms. The zero-order valence-electron chi connectivity index (χ0n) is 30.7. The first-order valence-electron chi connectivity index (χ1n) is 18.1. The van der Waals surface area contributed by atoms with Crippen molar-refractivity contribution in [2.45, 2.75) is 24.7 Å². The largest absolute Gasteiger partial charge is 0.402 e. The van der Waals surface area contributed by atoms with Gasteiger partial charge in [0.1, 0.15) is 0 Å². The van der Waals surface area contributed by atoms with Crippen LogP contribution in [0.25, 0.3) is 12.2 Å². The van der Waals surface area contributed by atoms with Crippen LogP contribution in [-0.2, 0) is 5.41 Å². The lowest BCUT2D eigenvalue weighted by Crippen LogP contribution is -2.34. The molecule has 0 saturated carbocycles. The van der Waals surface area contributed by atoms with Gasteiger partial charge in [0.15, 0.2) is 0 Å². The number of aliphatic imine (C=N–C) groups is 1. The van der Waals surface area contributed by atoms with Gasteiger partial charge in [0.25, 0.3) is 0 Å². The molecule has 53 heavy (non-hydrogen) atoms. The number of benzene rings is 4. The summed E-state index contributed by atoms with van der Waals surface area (Å²) in [5.74, 6) is 0.198. The third kappa shape index (κ3) is 9.15. The second kappa shape index (κ2) is 19.4. The smallest absolute Gasteiger partial charge is 0.0733 e. The molecule has 0 radical (unpaired) electrons. The maximum atomic E-state index is 7.25. The van der Waals surface area contributed by atoms with Gasteiger partial charge in [-0.2, -0.15) is 0 Å². The molecule has 2 aliphatic carbocycles. The van der Waals surface area contributed by atoms with Crippen LogP contribution < -0.4 is 21.9 Å². The molecule has 4 aromatic rings. The molecule has 0 fully saturated rings. The first-order valence-corrected chi connectivity index (χ1v) is 18.1. The highest BCUT2D eigenvalue weighted by molar-refractivity contribution is 5.79. The molecule has 0 heterocycles. The highest BCUT2D eigenvalue weighted by Crippen LogP contribution is 2.50. The van der Waals surface area contributed by atoms with Crippen LogP contribution in [0.15, 0.2) is 222 Å². The topological polar surface area (TPSA) is 64.4 Å². The van der Waals surface area contributed by atoms with E-state index >= 15 is 0 Å². The standard InChI is InChI=1S/C49H44N2.CH5N/c1-3-4-5-20-35-51-48-32-19-18-31-46(48)49(44-28-10-7-11-29-44)38(2)36-42-26-16-15-25-41(42)33-34-47(50)45(49)30-17-13-22-39-21-12-14-27-43(37-39)40-23-8-6-9-24-40;1-2/h3-33,35-37,43H,2,34,50H2,1H3;2H2,1H3/b4-3-,20-5-,22-13+,30-17-,41-33-,42-36-,47-45+,51-35?;. The molecule has 2 atom stereocenters. The molecule has 6 rings (SSSR count). The monoisotopic (exact) mass is 691 g/mol. The van der Waals surface area contributed by atoms with Crippen LogP contribution in [-0.4, -0.2) is 13.3 Å². The van der Waals surface area contributed by atoms with E-state index in [1.54, 1.807) is 0 Å². The zero-order valence-corrected chi connectivity index (χ0v) is 30.7. The Labute approximate surface area is 315 Å². The SMILES string of the molecule is C=C1/C=c2/cccc/c2=C/C/C(N)=C(/C=C\C=C\C2=CC(c3ccccc3)C=CC=C2)C1(c1ccccc1)c1ccccc1N=C/C=C\C=C/C.CN. The summed E-state index contributed by atoms with van der Waals surface area (Å²) in [5.41, 5.74) is 18.8. The van der Waals surface area contributed by atoms with Gasteiger partial charge in [-0.05, 0) is 70.0 Å². The molecule has 0 spiro atoms. The van der Waals surface area contributed by atoms with Crippen molar-refractivity contribution in [1.82, 2.24) is 0 Å². The van der Waals surface area contributed by atoms with E-state index in [0.717, 1.165) is 49.7 Å². The lowest BCUT2D eigenvalue weighted by Gasteiger charge is -2.39. The number of fused-ring (bicyclic) bond motifs is 1. The van der Waals surface area contributed by atoms with Crippen LogP contribution in [0.2, 0.25) is 0 Å². The number of nitrogens with zero attached hydrogens (tertiary/aromatic N) is 1. The minimum Gasteiger partial charge on any atom is -0.402 e. The Morgan fingerprint density at radius 3 is 2.19 bits per heavy atom. The number of allylic oxidation sites excluding steroid dienone is 17. The van der Waals surface area contributed by atoms with Gasteiger partial charge in [-0.15, -0.1) is 0 Å². The van der Waals surface area contributed by atoms with Crippen LogP contribution in [0, 0.1) is 0 Å². The van der Waals surface area contributed by atoms with Crippen molar-refractivity contribution >= 4 is 24.1 Å². The Bertz CT molecular complexity index is 2260. The van der Waals surface area contributed by atoms with Gasteiger partial charge in [0.2, 0.25) is 0 Å². The summed E-state index contributed by atoms with van der Waals surface area (Å²) >= 11 is 0. The highest BCUT2D eigenvalue weighted by atomic mass is 14.7. The molecule has 3 nitrogen and oxygen atoms in total. The average molecular weight is 692 g/mol. The third-order valence-electron chi connectivity index (χ3n) is 9.27. The molecule has 2 aliphatic rings. The lowest BCUT2D eigenvalue weighted by molar-refractivity contribution is 0.740. The summed E-state index contributed by atoms with van der Waals surface area (Å²) in [4.78, 5) is 5.01. The van der Waals surface area contributed by atoms with Gasteiger partial charge < -0.3 is 11.5 Å². The first-order chi connectivity index (χ1) is 26.1. The predicted octanol–water partition coefficient (Wildman–Crippen LogP) is 9.76. The number of para-hydroxylation sites is 1. The summed E-state index contributed by atoms with van der Waals surface area (Å²) in [5, 5.41) is 2.23. The van der Waals surface area contributed by atoms with E-state index in [2.05, 4.69) is 176 Å². The summed E-state index contributed by atoms with van der Waals surface area (Å²) < 4.78 is 0. The van der Waals surface area contributed by atoms with Gasteiger partial charge >= 0.3 is 0 Å². The highest BCUT2D eigenvalue weighted by Gasteiger charge is 2.42. The third-order valence-corrected chi connectivity index (χ3v) is 9.27. The average Bonchev–Trinajstić information content (AvgIpc) is 3.44. The number of hydrogen-bond donors (Lipinski definition) is 2. The normalized spacial score (nSPS) is 21.6. The second-order valence-electron chi connectivity index (χ2n) is 12.5. The number of hydrogen-bond acceptors (Lipinski definition) is 3. The molecular weight excluding hydrogens is 643 g/mol. The minimum atomic E-state index is -0.855. The van der Waals surface area contributed by atoms with Crippen molar-refractivity contribution in [3.8, 4) is 0 Å². The summed E-state index contributed by atoms with van der Waals surface area (Å²) in [7, 11) is 1.50. The first kappa shape index (κ1) is 38.0. The van der Waals surface area contributed by atoms with Crippen LogP contribution in [0.3, 0.4) is 0 Å². The Kier molecular flexibility index (Phi) is 13.9. The fourth-order valence-corrected chi connectivity index (χ4v) is 6.84. The van der Waals surface area contributed by atoms with E-state index in [1.807, 2.05) is 43.5 Å². The van der Waals surface area contributed by atoms with Crippen LogP contribution in [0.5, 0.6) is 0 Å². The van der Waals surface area contributed by atoms with E-state index < -0.39 is 5.41 Å². The Hall–Kier alpha value is -6.29. The van der Waals surface area contributed by atoms with Crippen molar-refractivity contribution in [3.63, 3.8) is 0 Å². The van der Waals surface area contributed by atoms with Crippen LogP contribution in [0.4, 0.5) is 5.69 Å². The molecule has 0 saturated heterocycles. The Balaban J connectivity index is 0.00000266. The van der Waals surface area contributed by atoms with Crippen molar-refractivity contribution in [1.29, 1.82) is 0 Å². The maximum Gasteiger partial charge on any atom is 0.0733 e. The fourth-order valence-electron chi connectivity index (χ4n) is 6.84. The predicted molar refractivity (Wildman–Crippen MR) is 229 cm³/mol. The Morgan fingerprint density at radius 2 is 1.42 bits per heavy atom. The van der Waals surface area contributed by atoms with E-state index in [-0.39, 0.29) is 5.92 Å². The number of nitrogens with two attached hydrogens (primary N) is 2. The molecule has 3 heteroatoms. The quantitative estimate of drug-likeness (QED) is 0.136.